The van der Waals surface area contributed by atoms with E-state index in [0.717, 1.165) is 55.5 Å². The average molecular weight is 452 g/mol. The van der Waals surface area contributed by atoms with Crippen LogP contribution < -0.4 is 4.74 Å². The van der Waals surface area contributed by atoms with Crippen LogP contribution in [0.3, 0.4) is 0 Å². The molecule has 0 N–H and O–H groups in total. The lowest BCUT2D eigenvalue weighted by atomic mass is 9.63. The molecule has 3 aliphatic rings. The fourth-order valence-electron chi connectivity index (χ4n) is 5.67. The second-order valence-electron chi connectivity index (χ2n) is 10.6. The highest BCUT2D eigenvalue weighted by atomic mass is 16.5. The smallest absolute Gasteiger partial charge is 0.336 e. The maximum Gasteiger partial charge on any atom is 0.336 e. The molecule has 1 aromatic carbocycles. The second-order valence-corrected chi connectivity index (χ2v) is 10.6. The molecule has 2 fully saturated rings. The van der Waals surface area contributed by atoms with E-state index in [2.05, 4.69) is 20.8 Å². The molecule has 178 valence electrons. The molecule has 5 heteroatoms. The van der Waals surface area contributed by atoms with Gasteiger partial charge < -0.3 is 9.47 Å². The van der Waals surface area contributed by atoms with Crippen LogP contribution in [-0.4, -0.2) is 30.2 Å². The van der Waals surface area contributed by atoms with Gasteiger partial charge in [-0.1, -0.05) is 45.4 Å². The molecule has 33 heavy (non-hydrogen) atoms. The van der Waals surface area contributed by atoms with Crippen molar-refractivity contribution in [2.75, 3.05) is 6.61 Å². The van der Waals surface area contributed by atoms with Crippen molar-refractivity contribution in [2.45, 2.75) is 91.1 Å². The monoisotopic (exact) mass is 451 g/mol. The summed E-state index contributed by atoms with van der Waals surface area (Å²) >= 11 is 0. The van der Waals surface area contributed by atoms with Crippen LogP contribution in [0.2, 0.25) is 0 Å². The molecule has 0 spiro atoms. The predicted molar refractivity (Wildman–Crippen MR) is 130 cm³/mol. The molecular weight excluding hydrogens is 414 g/mol. The topological polar surface area (TPSA) is 65.0 Å². The van der Waals surface area contributed by atoms with Gasteiger partial charge in [-0.05, 0) is 56.9 Å². The maximum absolute atomic E-state index is 13.6. The van der Waals surface area contributed by atoms with Crippen molar-refractivity contribution < 1.29 is 19.1 Å². The lowest BCUT2D eigenvalue weighted by molar-refractivity contribution is -0.146. The molecular formula is C28H37NO4. The van der Waals surface area contributed by atoms with Crippen molar-refractivity contribution in [3.05, 3.63) is 41.1 Å². The van der Waals surface area contributed by atoms with E-state index in [4.69, 9.17) is 14.5 Å². The molecule has 0 radical (unpaired) electrons. The van der Waals surface area contributed by atoms with Gasteiger partial charge in [0.2, 0.25) is 0 Å². The zero-order valence-corrected chi connectivity index (χ0v) is 20.5. The molecule has 0 saturated heterocycles. The Morgan fingerprint density at radius 1 is 1.09 bits per heavy atom. The normalized spacial score (nSPS) is 25.3. The van der Waals surface area contributed by atoms with Gasteiger partial charge in [0.15, 0.2) is 0 Å². The molecule has 2 aliphatic carbocycles. The molecule has 2 atom stereocenters. The summed E-state index contributed by atoms with van der Waals surface area (Å²) in [5, 5.41) is 0. The number of benzene rings is 1. The number of fused-ring (bicyclic) bond motifs is 1. The summed E-state index contributed by atoms with van der Waals surface area (Å²) < 4.78 is 12.1. The Labute approximate surface area is 197 Å². The van der Waals surface area contributed by atoms with Crippen LogP contribution in [0.15, 0.2) is 40.5 Å². The summed E-state index contributed by atoms with van der Waals surface area (Å²) in [5.74, 6) is -0.308. The number of carbonyl (C=O) groups excluding carboxylic acids is 2. The van der Waals surface area contributed by atoms with Crippen molar-refractivity contribution in [3.8, 4) is 5.75 Å². The summed E-state index contributed by atoms with van der Waals surface area (Å²) in [6, 6.07) is 7.82. The quantitative estimate of drug-likeness (QED) is 0.485. The number of esters is 1. The fourth-order valence-corrected chi connectivity index (χ4v) is 5.67. The molecule has 0 amide bonds. The van der Waals surface area contributed by atoms with Crippen LogP contribution in [0.5, 0.6) is 5.75 Å². The third-order valence-electron chi connectivity index (χ3n) is 7.13. The Balaban J connectivity index is 1.78. The largest absolute Gasteiger partial charge is 0.493 e. The number of aliphatic imine (C=N–C) groups is 1. The van der Waals surface area contributed by atoms with Crippen LogP contribution in [0.1, 0.15) is 90.5 Å². The maximum atomic E-state index is 13.6. The van der Waals surface area contributed by atoms with Gasteiger partial charge in [-0.15, -0.1) is 0 Å². The van der Waals surface area contributed by atoms with Crippen molar-refractivity contribution in [2.24, 2.45) is 16.3 Å². The van der Waals surface area contributed by atoms with Crippen molar-refractivity contribution in [1.82, 2.24) is 0 Å². The lowest BCUT2D eigenvalue weighted by Gasteiger charge is -2.41. The number of carbonyl (C=O) groups is 2. The lowest BCUT2D eigenvalue weighted by Crippen LogP contribution is -2.44. The summed E-state index contributed by atoms with van der Waals surface area (Å²) in [7, 11) is 0. The minimum absolute atomic E-state index is 0.0508. The molecule has 0 aromatic heterocycles. The SMILES string of the molecule is CCCOc1ccccc1[C@H]1C(C(=O)OC2CCCCC2)=C(C)N=C2CC(C)(C)CC(=O)C21. The molecule has 5 nitrogen and oxygen atoms in total. The number of allylic oxidation sites excluding steroid dienone is 1. The first-order valence-corrected chi connectivity index (χ1v) is 12.5. The van der Waals surface area contributed by atoms with Crippen LogP contribution in [-0.2, 0) is 14.3 Å². The molecule has 1 unspecified atom stereocenters. The Hall–Kier alpha value is -2.43. The van der Waals surface area contributed by atoms with E-state index in [1.807, 2.05) is 31.2 Å². The fraction of sp³-hybridized carbons (Fsp3) is 0.607. The number of hydrogen-bond acceptors (Lipinski definition) is 5. The highest BCUT2D eigenvalue weighted by Gasteiger charge is 2.48. The minimum Gasteiger partial charge on any atom is -0.493 e. The van der Waals surface area contributed by atoms with E-state index in [-0.39, 0.29) is 23.3 Å². The molecule has 1 aromatic rings. The molecule has 1 aliphatic heterocycles. The first kappa shape index (κ1) is 23.7. The number of ether oxygens (including phenoxy) is 2. The molecule has 0 bridgehead atoms. The van der Waals surface area contributed by atoms with E-state index in [1.165, 1.54) is 6.42 Å². The first-order chi connectivity index (χ1) is 15.8. The highest BCUT2D eigenvalue weighted by Crippen LogP contribution is 2.49. The summed E-state index contributed by atoms with van der Waals surface area (Å²) in [5.41, 5.74) is 2.83. The Kier molecular flexibility index (Phi) is 7.06. The minimum atomic E-state index is -0.443. The van der Waals surface area contributed by atoms with Crippen molar-refractivity contribution >= 4 is 17.5 Å². The summed E-state index contributed by atoms with van der Waals surface area (Å²) in [6.45, 7) is 8.76. The Morgan fingerprint density at radius 3 is 2.55 bits per heavy atom. The number of nitrogens with zero attached hydrogens (tertiary/aromatic N) is 1. The van der Waals surface area contributed by atoms with Gasteiger partial charge in [-0.25, -0.2) is 4.79 Å². The standard InChI is InChI=1S/C28H37NO4/c1-5-15-32-23-14-10-9-13-20(23)25-24(27(31)33-19-11-7-6-8-12-19)18(2)29-21-16-28(3,4)17-22(30)26(21)25/h9-10,13-14,19,25-26H,5-8,11-12,15-17H2,1-4H3/t25-,26?/m0/s1. The van der Waals surface area contributed by atoms with Gasteiger partial charge in [0.1, 0.15) is 17.6 Å². The van der Waals surface area contributed by atoms with E-state index >= 15 is 0 Å². The zero-order valence-electron chi connectivity index (χ0n) is 20.5. The van der Waals surface area contributed by atoms with Gasteiger partial charge in [-0.2, -0.15) is 0 Å². The van der Waals surface area contributed by atoms with E-state index in [9.17, 15) is 9.59 Å². The van der Waals surface area contributed by atoms with Gasteiger partial charge >= 0.3 is 5.97 Å². The highest BCUT2D eigenvalue weighted by molar-refractivity contribution is 6.12. The number of para-hydroxylation sites is 1. The van der Waals surface area contributed by atoms with Crippen molar-refractivity contribution in [1.29, 1.82) is 0 Å². The Bertz CT molecular complexity index is 968. The number of rotatable bonds is 6. The van der Waals surface area contributed by atoms with Crippen molar-refractivity contribution in [3.63, 3.8) is 0 Å². The van der Waals surface area contributed by atoms with Gasteiger partial charge in [-0.3, -0.25) is 9.79 Å². The van der Waals surface area contributed by atoms with Gasteiger partial charge in [0.05, 0.1) is 18.1 Å². The third kappa shape index (κ3) is 5.07. The second kappa shape index (κ2) is 9.82. The van der Waals surface area contributed by atoms with Crippen LogP contribution in [0.4, 0.5) is 0 Å². The number of hydrogen-bond donors (Lipinski definition) is 0. The first-order valence-electron chi connectivity index (χ1n) is 12.5. The Morgan fingerprint density at radius 2 is 1.82 bits per heavy atom. The van der Waals surface area contributed by atoms with E-state index in [0.29, 0.717) is 24.3 Å². The number of Topliss-reactive ketones (excluding diaryl/α,β-unsaturated/α-hetero) is 1. The van der Waals surface area contributed by atoms with Crippen LogP contribution >= 0.6 is 0 Å². The predicted octanol–water partition coefficient (Wildman–Crippen LogP) is 6.17. The average Bonchev–Trinajstić information content (AvgIpc) is 2.76. The molecule has 4 rings (SSSR count). The molecule has 1 heterocycles. The third-order valence-corrected chi connectivity index (χ3v) is 7.13. The summed E-state index contributed by atoms with van der Waals surface area (Å²) in [4.78, 5) is 32.0. The molecule has 2 saturated carbocycles. The zero-order chi connectivity index (χ0) is 23.6. The number of ketones is 1. The van der Waals surface area contributed by atoms with E-state index < -0.39 is 11.8 Å². The summed E-state index contributed by atoms with van der Waals surface area (Å²) in [6.07, 6.45) is 7.25. The van der Waals surface area contributed by atoms with Gasteiger partial charge in [0, 0.05) is 29.3 Å². The van der Waals surface area contributed by atoms with E-state index in [1.54, 1.807) is 0 Å². The van der Waals surface area contributed by atoms with Crippen LogP contribution in [0.25, 0.3) is 0 Å². The van der Waals surface area contributed by atoms with Gasteiger partial charge in [0.25, 0.3) is 0 Å². The van der Waals surface area contributed by atoms with Crippen LogP contribution in [0, 0.1) is 11.3 Å².